The number of aromatic nitrogens is 1. The summed E-state index contributed by atoms with van der Waals surface area (Å²) in [7, 11) is 0. The Hall–Kier alpha value is -2.14. The Morgan fingerprint density at radius 2 is 2.22 bits per heavy atom. The third-order valence-corrected chi connectivity index (χ3v) is 4.04. The van der Waals surface area contributed by atoms with Gasteiger partial charge in [0.05, 0.1) is 5.69 Å². The van der Waals surface area contributed by atoms with Gasteiger partial charge in [-0.2, -0.15) is 0 Å². The molecule has 0 radical (unpaired) electrons. The number of halogens is 1. The van der Waals surface area contributed by atoms with Crippen LogP contribution in [0.25, 0.3) is 0 Å². The number of nitrogens with one attached hydrogen (secondary N) is 2. The quantitative estimate of drug-likeness (QED) is 0.618. The van der Waals surface area contributed by atoms with E-state index in [-0.39, 0.29) is 11.2 Å². The van der Waals surface area contributed by atoms with E-state index in [1.807, 2.05) is 0 Å². The second-order valence-corrected chi connectivity index (χ2v) is 7.83. The molecule has 1 saturated heterocycles. The molecule has 2 heterocycles. The number of hydrazine groups is 1. The van der Waals surface area contributed by atoms with Crippen LogP contribution in [-0.2, 0) is 20.7 Å². The van der Waals surface area contributed by atoms with E-state index in [1.165, 1.54) is 11.3 Å². The van der Waals surface area contributed by atoms with Crippen LogP contribution in [0.5, 0.6) is 0 Å². The van der Waals surface area contributed by atoms with Crippen molar-refractivity contribution in [3.05, 3.63) is 16.8 Å². The summed E-state index contributed by atoms with van der Waals surface area (Å²) in [4.78, 5) is 40.6. The van der Waals surface area contributed by atoms with Crippen LogP contribution < -0.4 is 10.7 Å². The van der Waals surface area contributed by atoms with Crippen molar-refractivity contribution in [2.75, 3.05) is 6.54 Å². The molecule has 0 spiro atoms. The zero-order valence-corrected chi connectivity index (χ0v) is 16.9. The molecule has 2 atom stereocenters. The third-order valence-electron chi connectivity index (χ3n) is 3.68. The van der Waals surface area contributed by atoms with Gasteiger partial charge in [0.25, 0.3) is 10.7 Å². The lowest BCUT2D eigenvalue weighted by atomic mass is 10.1. The largest absolute Gasteiger partial charge is 0.480 e. The maximum atomic E-state index is 12.9. The zero-order chi connectivity index (χ0) is 20.2. The van der Waals surface area contributed by atoms with E-state index in [4.69, 9.17) is 14.3 Å². The van der Waals surface area contributed by atoms with Gasteiger partial charge in [-0.25, -0.2) is 15.2 Å². The Labute approximate surface area is 164 Å². The van der Waals surface area contributed by atoms with E-state index in [2.05, 4.69) is 31.7 Å². The normalized spacial score (nSPS) is 18.7. The van der Waals surface area contributed by atoms with Crippen LogP contribution in [0.15, 0.2) is 15.5 Å². The van der Waals surface area contributed by atoms with Crippen LogP contribution in [0.4, 0.5) is 4.79 Å². The number of carboxylic acid groups (broad SMARTS) is 1. The summed E-state index contributed by atoms with van der Waals surface area (Å²) >= 11 is 3.09. The second kappa shape index (κ2) is 8.70. The highest BCUT2D eigenvalue weighted by molar-refractivity contribution is 9.10. The molecular formula is C16H23BrN4O6. The highest BCUT2D eigenvalue weighted by Gasteiger charge is 2.33. The third kappa shape index (κ3) is 6.51. The van der Waals surface area contributed by atoms with E-state index in [0.717, 1.165) is 0 Å². The van der Waals surface area contributed by atoms with E-state index in [1.54, 1.807) is 20.8 Å². The van der Waals surface area contributed by atoms with Gasteiger partial charge in [0.15, 0.2) is 0 Å². The van der Waals surface area contributed by atoms with Crippen molar-refractivity contribution in [3.63, 3.8) is 0 Å². The molecule has 2 unspecified atom stereocenters. The Morgan fingerprint density at radius 1 is 1.52 bits per heavy atom. The Bertz CT molecular complexity index is 701. The number of rotatable bonds is 5. The van der Waals surface area contributed by atoms with Crippen molar-refractivity contribution in [1.29, 1.82) is 0 Å². The van der Waals surface area contributed by atoms with Gasteiger partial charge >= 0.3 is 12.1 Å². The van der Waals surface area contributed by atoms with Gasteiger partial charge in [0.2, 0.25) is 0 Å². The molecular weight excluding hydrogens is 424 g/mol. The number of carbonyl (C=O) groups excluding carboxylic acids is 2. The van der Waals surface area contributed by atoms with Crippen LogP contribution >= 0.6 is 15.9 Å². The van der Waals surface area contributed by atoms with E-state index < -0.39 is 35.7 Å². The van der Waals surface area contributed by atoms with E-state index >= 15 is 0 Å². The SMILES string of the molecule is CC(C)(C)OC(=O)NC(Cc1coc(Br)n1)C(=O)N1CCCC(C(=O)O)N1. The molecule has 27 heavy (non-hydrogen) atoms. The minimum Gasteiger partial charge on any atom is -0.480 e. The van der Waals surface area contributed by atoms with Crippen molar-refractivity contribution in [1.82, 2.24) is 20.7 Å². The fourth-order valence-electron chi connectivity index (χ4n) is 2.55. The number of alkyl carbamates (subject to hydrolysis) is 1. The molecule has 1 aromatic rings. The van der Waals surface area contributed by atoms with E-state index in [9.17, 15) is 14.4 Å². The van der Waals surface area contributed by atoms with Gasteiger partial charge in [-0.3, -0.25) is 14.6 Å². The molecule has 150 valence electrons. The summed E-state index contributed by atoms with van der Waals surface area (Å²) in [5.74, 6) is -1.52. The Morgan fingerprint density at radius 3 is 2.78 bits per heavy atom. The number of hydrogen-bond donors (Lipinski definition) is 3. The molecule has 0 saturated carbocycles. The Kier molecular flexibility index (Phi) is 6.82. The van der Waals surface area contributed by atoms with E-state index in [0.29, 0.717) is 25.1 Å². The standard InChI is InChI=1S/C16H23BrN4O6/c1-16(2,3)27-15(25)19-11(7-9-8-26-14(17)18-9)12(22)21-6-4-5-10(20-21)13(23)24/h8,10-11,20H,4-7H2,1-3H3,(H,19,25)(H,23,24). The lowest BCUT2D eigenvalue weighted by molar-refractivity contribution is -0.147. The minimum atomic E-state index is -1.04. The number of nitrogens with zero attached hydrogens (tertiary/aromatic N) is 2. The Balaban J connectivity index is 2.13. The molecule has 0 aromatic carbocycles. The molecule has 1 aromatic heterocycles. The zero-order valence-electron chi connectivity index (χ0n) is 15.3. The number of hydrogen-bond acceptors (Lipinski definition) is 7. The fourth-order valence-corrected chi connectivity index (χ4v) is 2.87. The van der Waals surface area contributed by atoms with Crippen molar-refractivity contribution >= 4 is 33.9 Å². The maximum Gasteiger partial charge on any atom is 0.408 e. The van der Waals surface area contributed by atoms with Crippen molar-refractivity contribution < 1.29 is 28.6 Å². The van der Waals surface area contributed by atoms with Gasteiger partial charge in [0, 0.05) is 28.9 Å². The molecule has 1 aliphatic heterocycles. The number of carboxylic acids is 1. The van der Waals surface area contributed by atoms with Crippen molar-refractivity contribution in [2.45, 2.75) is 57.7 Å². The van der Waals surface area contributed by atoms with Crippen LogP contribution in [0.1, 0.15) is 39.3 Å². The lowest BCUT2D eigenvalue weighted by Crippen LogP contribution is -2.60. The molecule has 0 bridgehead atoms. The van der Waals surface area contributed by atoms with Gasteiger partial charge < -0.3 is 19.6 Å². The first-order valence-corrected chi connectivity index (χ1v) is 9.24. The summed E-state index contributed by atoms with van der Waals surface area (Å²) in [6.45, 7) is 5.46. The topological polar surface area (TPSA) is 134 Å². The first-order valence-electron chi connectivity index (χ1n) is 8.45. The minimum absolute atomic E-state index is 0.0586. The molecule has 10 nitrogen and oxygen atoms in total. The predicted octanol–water partition coefficient (Wildman–Crippen LogP) is 1.45. The number of aliphatic carboxylic acids is 1. The molecule has 3 N–H and O–H groups in total. The average molecular weight is 447 g/mol. The van der Waals surface area contributed by atoms with Crippen LogP contribution in [0.3, 0.4) is 0 Å². The molecule has 2 amide bonds. The summed E-state index contributed by atoms with van der Waals surface area (Å²) in [5, 5.41) is 12.9. The molecule has 1 fully saturated rings. The molecule has 2 rings (SSSR count). The average Bonchev–Trinajstić information content (AvgIpc) is 2.97. The number of amides is 2. The number of carbonyl (C=O) groups is 3. The molecule has 1 aliphatic rings. The first kappa shape index (κ1) is 21.2. The monoisotopic (exact) mass is 446 g/mol. The van der Waals surface area contributed by atoms with Crippen LogP contribution in [0.2, 0.25) is 0 Å². The highest BCUT2D eigenvalue weighted by atomic mass is 79.9. The van der Waals surface area contributed by atoms with Crippen LogP contribution in [0, 0.1) is 0 Å². The first-order chi connectivity index (χ1) is 12.5. The van der Waals surface area contributed by atoms with Crippen LogP contribution in [-0.4, -0.2) is 57.3 Å². The lowest BCUT2D eigenvalue weighted by Gasteiger charge is -2.34. The number of ether oxygens (including phenoxy) is 1. The summed E-state index contributed by atoms with van der Waals surface area (Å²) in [6, 6.07) is -1.86. The van der Waals surface area contributed by atoms with Crippen molar-refractivity contribution in [2.24, 2.45) is 0 Å². The molecule has 0 aliphatic carbocycles. The fraction of sp³-hybridized carbons (Fsp3) is 0.625. The predicted molar refractivity (Wildman–Crippen MR) is 96.6 cm³/mol. The second-order valence-electron chi connectivity index (χ2n) is 7.15. The van der Waals surface area contributed by atoms with Gasteiger partial charge in [-0.1, -0.05) is 0 Å². The summed E-state index contributed by atoms with van der Waals surface area (Å²) < 4.78 is 10.3. The summed E-state index contributed by atoms with van der Waals surface area (Å²) in [5.41, 5.74) is 2.40. The van der Waals surface area contributed by atoms with Gasteiger partial charge in [0.1, 0.15) is 23.9 Å². The van der Waals surface area contributed by atoms with Gasteiger partial charge in [-0.05, 0) is 33.6 Å². The summed E-state index contributed by atoms with van der Waals surface area (Å²) in [6.07, 6.45) is 1.62. The number of oxazole rings is 1. The highest BCUT2D eigenvalue weighted by Crippen LogP contribution is 2.14. The maximum absolute atomic E-state index is 12.9. The van der Waals surface area contributed by atoms with Gasteiger partial charge in [-0.15, -0.1) is 0 Å². The smallest absolute Gasteiger partial charge is 0.408 e. The molecule has 11 heteroatoms. The van der Waals surface area contributed by atoms with Crippen molar-refractivity contribution in [3.8, 4) is 0 Å².